The Hall–Kier alpha value is -4.05. The second-order valence-electron chi connectivity index (χ2n) is 7.84. The van der Waals surface area contributed by atoms with E-state index < -0.39 is 5.69 Å². The van der Waals surface area contributed by atoms with E-state index in [2.05, 4.69) is 15.6 Å². The standard InChI is InChI=1S/C22H24N6O4/c1-12(2)15-10-16(19(30)11-18(15)29)21-25-26-22(32)28(21)14-3-4-17-13(9-14)5-7-27(17)8-6-20(31)24-23/h3-5,7,9-12,29-30H,6,8,23H2,1-2H3,(H,24,31)(H,26,32). The number of aromatic nitrogens is 4. The number of nitrogens with zero attached hydrogens (tertiary/aromatic N) is 3. The smallest absolute Gasteiger partial charge is 0.348 e. The van der Waals surface area contributed by atoms with Gasteiger partial charge in [0.15, 0.2) is 5.82 Å². The van der Waals surface area contributed by atoms with Crippen LogP contribution in [-0.2, 0) is 11.3 Å². The molecule has 0 aliphatic heterocycles. The molecule has 0 saturated heterocycles. The molecule has 0 aliphatic rings. The van der Waals surface area contributed by atoms with Crippen molar-refractivity contribution < 1.29 is 15.0 Å². The third-order valence-corrected chi connectivity index (χ3v) is 5.43. The summed E-state index contributed by atoms with van der Waals surface area (Å²) in [7, 11) is 0. The van der Waals surface area contributed by atoms with Crippen LogP contribution in [0.5, 0.6) is 11.5 Å². The van der Waals surface area contributed by atoms with E-state index in [9.17, 15) is 19.8 Å². The second-order valence-corrected chi connectivity index (χ2v) is 7.84. The normalized spacial score (nSPS) is 11.4. The van der Waals surface area contributed by atoms with E-state index in [0.29, 0.717) is 23.4 Å². The summed E-state index contributed by atoms with van der Waals surface area (Å²) in [5, 5.41) is 28.0. The Labute approximate surface area is 182 Å². The summed E-state index contributed by atoms with van der Waals surface area (Å²) in [6.45, 7) is 4.30. The minimum Gasteiger partial charge on any atom is -0.508 e. The number of fused-ring (bicyclic) bond motifs is 1. The number of nitrogens with two attached hydrogens (primary N) is 1. The van der Waals surface area contributed by atoms with Crippen LogP contribution in [0.3, 0.4) is 0 Å². The predicted octanol–water partition coefficient (Wildman–Crippen LogP) is 2.10. The van der Waals surface area contributed by atoms with Gasteiger partial charge in [-0.1, -0.05) is 13.8 Å². The molecule has 10 nitrogen and oxygen atoms in total. The van der Waals surface area contributed by atoms with Gasteiger partial charge in [-0.15, -0.1) is 0 Å². The highest BCUT2D eigenvalue weighted by atomic mass is 16.3. The number of rotatable bonds is 6. The molecule has 4 aromatic rings. The topological polar surface area (TPSA) is 151 Å². The van der Waals surface area contributed by atoms with Crippen molar-refractivity contribution >= 4 is 16.8 Å². The summed E-state index contributed by atoms with van der Waals surface area (Å²) in [5.74, 6) is 4.92. The summed E-state index contributed by atoms with van der Waals surface area (Å²) >= 11 is 0. The molecule has 0 bridgehead atoms. The monoisotopic (exact) mass is 436 g/mol. The fourth-order valence-electron chi connectivity index (χ4n) is 3.77. The molecular weight excluding hydrogens is 412 g/mol. The zero-order valence-electron chi connectivity index (χ0n) is 17.7. The van der Waals surface area contributed by atoms with Gasteiger partial charge in [0, 0.05) is 36.1 Å². The van der Waals surface area contributed by atoms with Gasteiger partial charge in [0.1, 0.15) is 11.5 Å². The van der Waals surface area contributed by atoms with E-state index in [1.165, 1.54) is 10.6 Å². The molecule has 6 N–H and O–H groups in total. The SMILES string of the molecule is CC(C)c1cc(-c2n[nH]c(=O)n2-c2ccc3c(ccn3CCC(=O)NN)c2)c(O)cc1O. The predicted molar refractivity (Wildman–Crippen MR) is 119 cm³/mol. The molecule has 32 heavy (non-hydrogen) atoms. The molecule has 4 rings (SSSR count). The molecule has 1 amide bonds. The molecule has 2 heterocycles. The molecule has 0 aliphatic carbocycles. The lowest BCUT2D eigenvalue weighted by Crippen LogP contribution is -2.30. The van der Waals surface area contributed by atoms with Crippen molar-refractivity contribution in [2.75, 3.05) is 0 Å². The Kier molecular flexibility index (Phi) is 5.45. The lowest BCUT2D eigenvalue weighted by Gasteiger charge is -2.13. The van der Waals surface area contributed by atoms with E-state index in [1.54, 1.807) is 12.1 Å². The first-order chi connectivity index (χ1) is 15.3. The van der Waals surface area contributed by atoms with E-state index in [0.717, 1.165) is 10.9 Å². The molecule has 0 atom stereocenters. The number of hydrogen-bond donors (Lipinski definition) is 5. The van der Waals surface area contributed by atoms with Crippen molar-refractivity contribution in [3.8, 4) is 28.6 Å². The maximum Gasteiger partial charge on any atom is 0.348 e. The van der Waals surface area contributed by atoms with Crippen LogP contribution in [0.25, 0.3) is 28.0 Å². The van der Waals surface area contributed by atoms with Crippen molar-refractivity contribution in [3.05, 3.63) is 58.6 Å². The molecule has 0 unspecified atom stereocenters. The van der Waals surface area contributed by atoms with Crippen molar-refractivity contribution in [2.24, 2.45) is 5.84 Å². The summed E-state index contributed by atoms with van der Waals surface area (Å²) in [4.78, 5) is 24.1. The number of H-pyrrole nitrogens is 1. The third kappa shape index (κ3) is 3.71. The number of amides is 1. The number of aromatic hydroxyl groups is 2. The summed E-state index contributed by atoms with van der Waals surface area (Å²) in [5.41, 5.74) is 4.07. The largest absolute Gasteiger partial charge is 0.508 e. The molecule has 0 radical (unpaired) electrons. The highest BCUT2D eigenvalue weighted by Crippen LogP contribution is 2.37. The Balaban J connectivity index is 1.78. The number of carbonyl (C=O) groups excluding carboxylic acids is 1. The van der Waals surface area contributed by atoms with Gasteiger partial charge in [-0.25, -0.2) is 20.3 Å². The fraction of sp³-hybridized carbons (Fsp3) is 0.227. The molecule has 0 spiro atoms. The van der Waals surface area contributed by atoms with Crippen LogP contribution in [0, 0.1) is 0 Å². The minimum atomic E-state index is -0.461. The Morgan fingerprint density at radius 1 is 1.19 bits per heavy atom. The van der Waals surface area contributed by atoms with Crippen molar-refractivity contribution in [2.45, 2.75) is 32.7 Å². The summed E-state index contributed by atoms with van der Waals surface area (Å²) in [6.07, 6.45) is 2.10. The van der Waals surface area contributed by atoms with Crippen LogP contribution in [-0.4, -0.2) is 35.5 Å². The molecule has 10 heteroatoms. The van der Waals surface area contributed by atoms with Crippen molar-refractivity contribution in [1.29, 1.82) is 0 Å². The minimum absolute atomic E-state index is 0.00549. The molecule has 0 saturated carbocycles. The van der Waals surface area contributed by atoms with Crippen LogP contribution in [0.1, 0.15) is 31.7 Å². The Morgan fingerprint density at radius 2 is 1.97 bits per heavy atom. The van der Waals surface area contributed by atoms with Gasteiger partial charge in [0.05, 0.1) is 11.3 Å². The van der Waals surface area contributed by atoms with Crippen LogP contribution >= 0.6 is 0 Å². The number of hydrogen-bond acceptors (Lipinski definition) is 6. The van der Waals surface area contributed by atoms with E-state index in [-0.39, 0.29) is 35.6 Å². The molecule has 2 aromatic carbocycles. The van der Waals surface area contributed by atoms with Crippen LogP contribution in [0.2, 0.25) is 0 Å². The first kappa shape index (κ1) is 21.2. The van der Waals surface area contributed by atoms with Crippen molar-refractivity contribution in [1.82, 2.24) is 24.8 Å². The third-order valence-electron chi connectivity index (χ3n) is 5.43. The van der Waals surface area contributed by atoms with Crippen molar-refractivity contribution in [3.63, 3.8) is 0 Å². The van der Waals surface area contributed by atoms with Crippen LogP contribution in [0.4, 0.5) is 0 Å². The summed E-state index contributed by atoms with van der Waals surface area (Å²) < 4.78 is 3.29. The van der Waals surface area contributed by atoms with Crippen LogP contribution < -0.4 is 17.0 Å². The van der Waals surface area contributed by atoms with Gasteiger partial charge >= 0.3 is 5.69 Å². The highest BCUT2D eigenvalue weighted by Gasteiger charge is 2.20. The van der Waals surface area contributed by atoms with Crippen LogP contribution in [0.15, 0.2) is 47.4 Å². The molecule has 0 fully saturated rings. The number of aryl methyl sites for hydroxylation is 1. The molecular formula is C22H24N6O4. The van der Waals surface area contributed by atoms with Gasteiger partial charge < -0.3 is 14.8 Å². The number of phenols is 2. The first-order valence-electron chi connectivity index (χ1n) is 10.1. The lowest BCUT2D eigenvalue weighted by atomic mass is 9.98. The van der Waals surface area contributed by atoms with Gasteiger partial charge in [-0.3, -0.25) is 10.2 Å². The molecule has 166 valence electrons. The quantitative estimate of drug-likeness (QED) is 0.177. The zero-order chi connectivity index (χ0) is 23.0. The second kappa shape index (κ2) is 8.23. The number of aromatic amines is 1. The number of nitrogens with one attached hydrogen (secondary N) is 2. The van der Waals surface area contributed by atoms with Gasteiger partial charge in [-0.2, -0.15) is 5.10 Å². The average Bonchev–Trinajstić information content (AvgIpc) is 3.34. The van der Waals surface area contributed by atoms with Gasteiger partial charge in [-0.05, 0) is 41.8 Å². The lowest BCUT2D eigenvalue weighted by molar-refractivity contribution is -0.121. The summed E-state index contributed by atoms with van der Waals surface area (Å²) in [6, 6.07) is 10.2. The molecule has 2 aromatic heterocycles. The fourth-order valence-corrected chi connectivity index (χ4v) is 3.77. The van der Waals surface area contributed by atoms with Gasteiger partial charge in [0.2, 0.25) is 5.91 Å². The maximum atomic E-state index is 12.6. The highest BCUT2D eigenvalue weighted by molar-refractivity contribution is 5.83. The Morgan fingerprint density at radius 3 is 2.69 bits per heavy atom. The number of hydrazine groups is 1. The van der Waals surface area contributed by atoms with E-state index in [4.69, 9.17) is 5.84 Å². The first-order valence-corrected chi connectivity index (χ1v) is 10.1. The number of benzene rings is 2. The number of phenolic OH excluding ortho intramolecular Hbond substituents is 2. The van der Waals surface area contributed by atoms with Gasteiger partial charge in [0.25, 0.3) is 0 Å². The Bertz CT molecular complexity index is 1360. The number of carbonyl (C=O) groups is 1. The van der Waals surface area contributed by atoms with E-state index in [1.807, 2.05) is 42.8 Å². The van der Waals surface area contributed by atoms with E-state index >= 15 is 0 Å². The zero-order valence-corrected chi connectivity index (χ0v) is 17.7. The maximum absolute atomic E-state index is 12.6. The average molecular weight is 436 g/mol.